The van der Waals surface area contributed by atoms with Crippen LogP contribution in [0.25, 0.3) is 0 Å². The lowest BCUT2D eigenvalue weighted by molar-refractivity contribution is -0.118. The zero-order valence-electron chi connectivity index (χ0n) is 15.7. The van der Waals surface area contributed by atoms with Crippen LogP contribution in [0, 0.1) is 0 Å². The first-order valence-corrected chi connectivity index (χ1v) is 11.3. The van der Waals surface area contributed by atoms with Crippen molar-refractivity contribution < 1.29 is 17.9 Å². The molecular formula is C20H22ClN3O4S. The summed E-state index contributed by atoms with van der Waals surface area (Å²) in [4.78, 5) is 13.7. The summed E-state index contributed by atoms with van der Waals surface area (Å²) in [6.45, 7) is 2.34. The number of sulfonamides is 1. The third-order valence-electron chi connectivity index (χ3n) is 5.11. The molecule has 0 aromatic heterocycles. The topological polar surface area (TPSA) is 87.7 Å². The summed E-state index contributed by atoms with van der Waals surface area (Å²) in [5, 5.41) is 2.66. The molecular weight excluding hydrogens is 414 g/mol. The summed E-state index contributed by atoms with van der Waals surface area (Å²) in [5.41, 5.74) is 1.62. The second-order valence-corrected chi connectivity index (χ2v) is 9.36. The van der Waals surface area contributed by atoms with E-state index in [0.29, 0.717) is 11.4 Å². The minimum Gasteiger partial charge on any atom is -0.482 e. The van der Waals surface area contributed by atoms with E-state index in [2.05, 4.69) is 27.1 Å². The number of nitrogens with one attached hydrogen (secondary N) is 2. The van der Waals surface area contributed by atoms with Gasteiger partial charge in [0.2, 0.25) is 10.0 Å². The summed E-state index contributed by atoms with van der Waals surface area (Å²) >= 11 is 6.19. The summed E-state index contributed by atoms with van der Waals surface area (Å²) < 4.78 is 33.9. The van der Waals surface area contributed by atoms with E-state index in [4.69, 9.17) is 16.3 Å². The van der Waals surface area contributed by atoms with E-state index in [1.54, 1.807) is 0 Å². The highest BCUT2D eigenvalue weighted by Gasteiger charge is 2.28. The molecule has 1 fully saturated rings. The van der Waals surface area contributed by atoms with Crippen LogP contribution in [0.2, 0.25) is 5.02 Å². The van der Waals surface area contributed by atoms with Gasteiger partial charge in [0.1, 0.15) is 10.6 Å². The van der Waals surface area contributed by atoms with Gasteiger partial charge in [-0.3, -0.25) is 9.69 Å². The SMILES string of the molecule is O=C1COc2cc(S(=O)(=O)NC3CCN(Cc4ccccc4)CC3)c(Cl)cc2N1. The van der Waals surface area contributed by atoms with Gasteiger partial charge < -0.3 is 10.1 Å². The van der Waals surface area contributed by atoms with Crippen LogP contribution in [0.4, 0.5) is 5.69 Å². The molecule has 2 aliphatic heterocycles. The smallest absolute Gasteiger partial charge is 0.262 e. The lowest BCUT2D eigenvalue weighted by Crippen LogP contribution is -2.44. The highest BCUT2D eigenvalue weighted by atomic mass is 35.5. The van der Waals surface area contributed by atoms with E-state index in [1.165, 1.54) is 17.7 Å². The van der Waals surface area contributed by atoms with Crippen molar-refractivity contribution >= 4 is 33.2 Å². The van der Waals surface area contributed by atoms with Crippen molar-refractivity contribution in [3.05, 3.63) is 53.1 Å². The number of hydrogen-bond donors (Lipinski definition) is 2. The molecule has 154 valence electrons. The standard InChI is InChI=1S/C20H22ClN3O4S/c21-16-10-17-18(28-13-20(25)22-17)11-19(16)29(26,27)23-15-6-8-24(9-7-15)12-14-4-2-1-3-5-14/h1-5,10-11,15,23H,6-9,12-13H2,(H,22,25). The van der Waals surface area contributed by atoms with E-state index in [1.807, 2.05) is 18.2 Å². The number of benzene rings is 2. The average Bonchev–Trinajstić information content (AvgIpc) is 2.69. The molecule has 4 rings (SSSR count). The van der Waals surface area contributed by atoms with Crippen molar-refractivity contribution in [2.75, 3.05) is 25.0 Å². The number of halogens is 1. The van der Waals surface area contributed by atoms with Crippen molar-refractivity contribution in [3.8, 4) is 5.75 Å². The largest absolute Gasteiger partial charge is 0.482 e. The molecule has 2 aromatic rings. The fraction of sp³-hybridized carbons (Fsp3) is 0.350. The summed E-state index contributed by atoms with van der Waals surface area (Å²) in [5.74, 6) is -0.00313. The van der Waals surface area contributed by atoms with Gasteiger partial charge in [0, 0.05) is 31.7 Å². The van der Waals surface area contributed by atoms with Crippen LogP contribution < -0.4 is 14.8 Å². The number of nitrogens with zero attached hydrogens (tertiary/aromatic N) is 1. The van der Waals surface area contributed by atoms with Crippen LogP contribution in [0.5, 0.6) is 5.75 Å². The number of ether oxygens (including phenoxy) is 1. The first-order chi connectivity index (χ1) is 13.9. The maximum Gasteiger partial charge on any atom is 0.262 e. The van der Waals surface area contributed by atoms with Gasteiger partial charge in [0.15, 0.2) is 6.61 Å². The molecule has 2 aliphatic rings. The van der Waals surface area contributed by atoms with E-state index in [9.17, 15) is 13.2 Å². The molecule has 2 heterocycles. The Kier molecular flexibility index (Phi) is 5.78. The van der Waals surface area contributed by atoms with E-state index >= 15 is 0 Å². The maximum atomic E-state index is 12.9. The molecule has 0 unspecified atom stereocenters. The van der Waals surface area contributed by atoms with E-state index in [0.717, 1.165) is 32.5 Å². The number of piperidine rings is 1. The Morgan fingerprint density at radius 1 is 1.17 bits per heavy atom. The molecule has 7 nitrogen and oxygen atoms in total. The molecule has 0 radical (unpaired) electrons. The Hall–Kier alpha value is -2.13. The Balaban J connectivity index is 1.40. The number of anilines is 1. The highest BCUT2D eigenvalue weighted by Crippen LogP contribution is 2.35. The molecule has 29 heavy (non-hydrogen) atoms. The molecule has 1 amide bonds. The molecule has 0 saturated carbocycles. The first-order valence-electron chi connectivity index (χ1n) is 9.45. The van der Waals surface area contributed by atoms with Gasteiger partial charge in [0.05, 0.1) is 10.7 Å². The number of likely N-dealkylation sites (tertiary alicyclic amines) is 1. The number of fused-ring (bicyclic) bond motifs is 1. The van der Waals surface area contributed by atoms with E-state index < -0.39 is 10.0 Å². The second kappa shape index (κ2) is 8.31. The second-order valence-electron chi connectivity index (χ2n) is 7.27. The maximum absolute atomic E-state index is 12.9. The summed E-state index contributed by atoms with van der Waals surface area (Å²) in [7, 11) is -3.81. The average molecular weight is 436 g/mol. The zero-order valence-corrected chi connectivity index (χ0v) is 17.3. The van der Waals surface area contributed by atoms with Crippen LogP contribution in [-0.2, 0) is 21.4 Å². The quantitative estimate of drug-likeness (QED) is 0.753. The number of rotatable bonds is 5. The van der Waals surface area contributed by atoms with Gasteiger partial charge in [-0.25, -0.2) is 13.1 Å². The molecule has 9 heteroatoms. The zero-order chi connectivity index (χ0) is 20.4. The van der Waals surface area contributed by atoms with Crippen LogP contribution in [0.1, 0.15) is 18.4 Å². The fourth-order valence-corrected chi connectivity index (χ4v) is 5.47. The predicted octanol–water partition coefficient (Wildman–Crippen LogP) is 2.61. The number of hydrogen-bond acceptors (Lipinski definition) is 5. The molecule has 2 N–H and O–H groups in total. The van der Waals surface area contributed by atoms with Gasteiger partial charge in [-0.2, -0.15) is 0 Å². The van der Waals surface area contributed by atoms with Crippen LogP contribution in [-0.4, -0.2) is 45.0 Å². The van der Waals surface area contributed by atoms with Crippen molar-refractivity contribution in [2.24, 2.45) is 0 Å². The van der Waals surface area contributed by atoms with Crippen molar-refractivity contribution in [2.45, 2.75) is 30.3 Å². The van der Waals surface area contributed by atoms with E-state index in [-0.39, 0.29) is 28.5 Å². The number of amides is 1. The third kappa shape index (κ3) is 4.72. The normalized spacial score (nSPS) is 18.0. The minimum atomic E-state index is -3.81. The summed E-state index contributed by atoms with van der Waals surface area (Å²) in [6, 6.07) is 12.8. The Labute approximate surface area is 175 Å². The number of carbonyl (C=O) groups is 1. The molecule has 0 aliphatic carbocycles. The highest BCUT2D eigenvalue weighted by molar-refractivity contribution is 7.89. The number of carbonyl (C=O) groups excluding carboxylic acids is 1. The van der Waals surface area contributed by atoms with Gasteiger partial charge in [-0.15, -0.1) is 0 Å². The van der Waals surface area contributed by atoms with Gasteiger partial charge in [0.25, 0.3) is 5.91 Å². The molecule has 2 aromatic carbocycles. The van der Waals surface area contributed by atoms with Gasteiger partial charge >= 0.3 is 0 Å². The van der Waals surface area contributed by atoms with Gasteiger partial charge in [-0.05, 0) is 24.5 Å². The lowest BCUT2D eigenvalue weighted by atomic mass is 10.1. The van der Waals surface area contributed by atoms with Crippen molar-refractivity contribution in [1.82, 2.24) is 9.62 Å². The Bertz CT molecular complexity index is 1010. The van der Waals surface area contributed by atoms with Crippen molar-refractivity contribution in [1.29, 1.82) is 0 Å². The monoisotopic (exact) mass is 435 g/mol. The minimum absolute atomic E-state index is 0.0409. The molecule has 0 spiro atoms. The Morgan fingerprint density at radius 2 is 1.90 bits per heavy atom. The summed E-state index contributed by atoms with van der Waals surface area (Å²) in [6.07, 6.45) is 1.45. The third-order valence-corrected chi connectivity index (χ3v) is 7.10. The molecule has 1 saturated heterocycles. The molecule has 0 atom stereocenters. The predicted molar refractivity (Wildman–Crippen MR) is 111 cm³/mol. The Morgan fingerprint density at radius 3 is 2.62 bits per heavy atom. The van der Waals surface area contributed by atoms with Crippen molar-refractivity contribution in [3.63, 3.8) is 0 Å². The van der Waals surface area contributed by atoms with Gasteiger partial charge in [-0.1, -0.05) is 41.9 Å². The van der Waals surface area contributed by atoms with Crippen LogP contribution in [0.3, 0.4) is 0 Å². The lowest BCUT2D eigenvalue weighted by Gasteiger charge is -2.32. The van der Waals surface area contributed by atoms with Crippen LogP contribution in [0.15, 0.2) is 47.4 Å². The fourth-order valence-electron chi connectivity index (χ4n) is 3.62. The van der Waals surface area contributed by atoms with Crippen LogP contribution >= 0.6 is 11.6 Å². The first kappa shape index (κ1) is 20.2. The molecule has 0 bridgehead atoms.